The summed E-state index contributed by atoms with van der Waals surface area (Å²) in [4.78, 5) is 47.6. The summed E-state index contributed by atoms with van der Waals surface area (Å²) in [6.07, 6.45) is 0.0182. The number of aromatic nitrogens is 2. The van der Waals surface area contributed by atoms with Gasteiger partial charge in [-0.05, 0) is 29.8 Å². The van der Waals surface area contributed by atoms with Gasteiger partial charge in [0, 0.05) is 6.42 Å². The second-order valence-corrected chi connectivity index (χ2v) is 8.38. The quantitative estimate of drug-likeness (QED) is 0.173. The number of amides is 2. The van der Waals surface area contributed by atoms with Gasteiger partial charge in [0.2, 0.25) is 0 Å². The first kappa shape index (κ1) is 23.5. The molecule has 37 heavy (non-hydrogen) atoms. The maximum Gasteiger partial charge on any atom is 0.330 e. The molecule has 0 unspecified atom stereocenters. The standard InChI is InChI=1S/C28H20N4O5/c29-15-20(25-30-21-12-6-7-13-22(21)31-25)24(33)16-37-28(36)23(14-17-8-2-1-3-9-17)32-26(34)18-10-4-5-11-19(18)27(32)35/h1-13,23,33H,14,16H2,(H,30,31)/b24-20-/t23-/m1/s1. The van der Waals surface area contributed by atoms with Crippen LogP contribution in [0.25, 0.3) is 16.6 Å². The third kappa shape index (κ3) is 4.44. The van der Waals surface area contributed by atoms with Crippen molar-refractivity contribution in [1.29, 1.82) is 5.26 Å². The van der Waals surface area contributed by atoms with Gasteiger partial charge in [-0.15, -0.1) is 0 Å². The molecule has 182 valence electrons. The number of imidazole rings is 1. The first-order chi connectivity index (χ1) is 18.0. The number of esters is 1. The van der Waals surface area contributed by atoms with Crippen molar-refractivity contribution in [2.45, 2.75) is 12.5 Å². The highest BCUT2D eigenvalue weighted by molar-refractivity contribution is 6.22. The molecule has 1 aliphatic rings. The summed E-state index contributed by atoms with van der Waals surface area (Å²) in [7, 11) is 0. The van der Waals surface area contributed by atoms with Crippen LogP contribution in [0.1, 0.15) is 32.1 Å². The number of carbonyl (C=O) groups is 3. The van der Waals surface area contributed by atoms with Gasteiger partial charge in [0.1, 0.15) is 24.3 Å². The summed E-state index contributed by atoms with van der Waals surface area (Å²) in [5.41, 5.74) is 2.20. The van der Waals surface area contributed by atoms with E-state index in [1.54, 1.807) is 60.7 Å². The van der Waals surface area contributed by atoms with Crippen LogP contribution in [0.3, 0.4) is 0 Å². The first-order valence-electron chi connectivity index (χ1n) is 11.4. The number of para-hydroxylation sites is 2. The molecule has 0 saturated heterocycles. The molecule has 9 heteroatoms. The van der Waals surface area contributed by atoms with Crippen LogP contribution in [0.4, 0.5) is 0 Å². The van der Waals surface area contributed by atoms with Gasteiger partial charge in [-0.2, -0.15) is 5.26 Å². The Morgan fingerprint density at radius 3 is 2.24 bits per heavy atom. The van der Waals surface area contributed by atoms with E-state index in [1.165, 1.54) is 12.1 Å². The lowest BCUT2D eigenvalue weighted by Crippen LogP contribution is -2.47. The molecular weight excluding hydrogens is 472 g/mol. The number of allylic oxidation sites excluding steroid dienone is 1. The molecule has 2 N–H and O–H groups in total. The number of aliphatic hydroxyl groups excluding tert-OH is 1. The molecule has 9 nitrogen and oxygen atoms in total. The van der Waals surface area contributed by atoms with Gasteiger partial charge in [-0.3, -0.25) is 14.5 Å². The molecule has 5 rings (SSSR count). The molecule has 0 spiro atoms. The number of nitrogens with zero attached hydrogens (tertiary/aromatic N) is 3. The number of benzene rings is 3. The van der Waals surface area contributed by atoms with E-state index in [2.05, 4.69) is 9.97 Å². The normalized spacial score (nSPS) is 14.2. The fourth-order valence-electron chi connectivity index (χ4n) is 4.24. The van der Waals surface area contributed by atoms with E-state index in [1.807, 2.05) is 12.1 Å². The zero-order valence-electron chi connectivity index (χ0n) is 19.4. The Balaban J connectivity index is 1.41. The van der Waals surface area contributed by atoms with E-state index >= 15 is 0 Å². The van der Waals surface area contributed by atoms with E-state index in [-0.39, 0.29) is 28.9 Å². The molecule has 1 aliphatic heterocycles. The summed E-state index contributed by atoms with van der Waals surface area (Å²) >= 11 is 0. The zero-order valence-corrected chi connectivity index (χ0v) is 19.4. The number of aromatic amines is 1. The van der Waals surface area contributed by atoms with E-state index < -0.39 is 36.2 Å². The lowest BCUT2D eigenvalue weighted by molar-refractivity contribution is -0.148. The van der Waals surface area contributed by atoms with Crippen LogP contribution in [0.2, 0.25) is 0 Å². The fraction of sp³-hybridized carbons (Fsp3) is 0.107. The number of ether oxygens (including phenoxy) is 1. The number of hydrogen-bond acceptors (Lipinski definition) is 7. The SMILES string of the molecule is N#C/C(=C(/O)COC(=O)[C@@H](Cc1ccccc1)N1C(=O)c2ccccc2C1=O)c1nc2ccccc2[nH]1. The van der Waals surface area contributed by atoms with Crippen LogP contribution in [0.15, 0.2) is 84.6 Å². The Hall–Kier alpha value is -5.23. The average molecular weight is 492 g/mol. The first-order valence-corrected chi connectivity index (χ1v) is 11.4. The van der Waals surface area contributed by atoms with Crippen molar-refractivity contribution in [2.24, 2.45) is 0 Å². The molecule has 1 atom stereocenters. The van der Waals surface area contributed by atoms with E-state index in [4.69, 9.17) is 4.74 Å². The Labute approximate surface area is 211 Å². The highest BCUT2D eigenvalue weighted by Crippen LogP contribution is 2.27. The molecule has 2 amide bonds. The van der Waals surface area contributed by atoms with Gasteiger partial charge in [-0.25, -0.2) is 9.78 Å². The smallest absolute Gasteiger partial charge is 0.330 e. The number of carbonyl (C=O) groups excluding carboxylic acids is 3. The predicted molar refractivity (Wildman–Crippen MR) is 133 cm³/mol. The third-order valence-electron chi connectivity index (χ3n) is 6.06. The van der Waals surface area contributed by atoms with Crippen molar-refractivity contribution >= 4 is 34.4 Å². The Morgan fingerprint density at radius 2 is 1.59 bits per heavy atom. The summed E-state index contributed by atoms with van der Waals surface area (Å²) < 4.78 is 5.34. The summed E-state index contributed by atoms with van der Waals surface area (Å²) in [6, 6.07) is 23.0. The molecule has 0 bridgehead atoms. The van der Waals surface area contributed by atoms with Gasteiger partial charge in [0.25, 0.3) is 11.8 Å². The number of rotatable bonds is 7. The Bertz CT molecular complexity index is 1530. The molecule has 4 aromatic rings. The van der Waals surface area contributed by atoms with Crippen molar-refractivity contribution in [3.05, 3.63) is 107 Å². The van der Waals surface area contributed by atoms with Crippen molar-refractivity contribution in [2.75, 3.05) is 6.61 Å². The topological polar surface area (TPSA) is 136 Å². The minimum absolute atomic E-state index is 0.0182. The molecular formula is C28H20N4O5. The van der Waals surface area contributed by atoms with E-state index in [0.717, 1.165) is 4.90 Å². The number of aliphatic hydroxyl groups is 1. The number of imide groups is 1. The minimum atomic E-state index is -1.28. The van der Waals surface area contributed by atoms with Gasteiger partial charge in [-0.1, -0.05) is 54.6 Å². The number of nitriles is 1. The van der Waals surface area contributed by atoms with Crippen molar-refractivity contribution < 1.29 is 24.2 Å². The minimum Gasteiger partial charge on any atom is -0.507 e. The number of nitrogens with one attached hydrogen (secondary N) is 1. The zero-order chi connectivity index (χ0) is 25.9. The number of fused-ring (bicyclic) bond motifs is 2. The fourth-order valence-corrected chi connectivity index (χ4v) is 4.24. The number of hydrogen-bond donors (Lipinski definition) is 2. The highest BCUT2D eigenvalue weighted by atomic mass is 16.5. The average Bonchev–Trinajstić information content (AvgIpc) is 3.46. The molecule has 2 heterocycles. The Morgan fingerprint density at radius 1 is 0.973 bits per heavy atom. The van der Waals surface area contributed by atoms with Gasteiger partial charge in [0.15, 0.2) is 11.6 Å². The number of H-pyrrole nitrogens is 1. The second-order valence-electron chi connectivity index (χ2n) is 8.38. The molecule has 0 fully saturated rings. The van der Waals surface area contributed by atoms with Crippen LogP contribution in [-0.2, 0) is 16.0 Å². The van der Waals surface area contributed by atoms with Crippen LogP contribution in [0.5, 0.6) is 0 Å². The summed E-state index contributed by atoms with van der Waals surface area (Å²) in [5, 5.41) is 20.2. The maximum atomic E-state index is 13.3. The van der Waals surface area contributed by atoms with Gasteiger partial charge < -0.3 is 14.8 Å². The maximum absolute atomic E-state index is 13.3. The van der Waals surface area contributed by atoms with Gasteiger partial charge >= 0.3 is 5.97 Å². The summed E-state index contributed by atoms with van der Waals surface area (Å²) in [5.74, 6) is -2.49. The highest BCUT2D eigenvalue weighted by Gasteiger charge is 2.43. The van der Waals surface area contributed by atoms with Crippen molar-refractivity contribution in [1.82, 2.24) is 14.9 Å². The molecule has 0 saturated carbocycles. The third-order valence-corrected chi connectivity index (χ3v) is 6.06. The summed E-state index contributed by atoms with van der Waals surface area (Å²) in [6.45, 7) is -0.646. The van der Waals surface area contributed by atoms with E-state index in [9.17, 15) is 24.8 Å². The monoisotopic (exact) mass is 492 g/mol. The Kier molecular flexibility index (Phi) is 6.22. The molecule has 1 aromatic heterocycles. The van der Waals surface area contributed by atoms with E-state index in [0.29, 0.717) is 16.6 Å². The lowest BCUT2D eigenvalue weighted by atomic mass is 10.0. The van der Waals surface area contributed by atoms with Crippen LogP contribution >= 0.6 is 0 Å². The predicted octanol–water partition coefficient (Wildman–Crippen LogP) is 3.81. The molecule has 0 radical (unpaired) electrons. The van der Waals surface area contributed by atoms with Crippen LogP contribution in [-0.4, -0.2) is 50.4 Å². The largest absolute Gasteiger partial charge is 0.507 e. The van der Waals surface area contributed by atoms with Crippen LogP contribution in [0, 0.1) is 11.3 Å². The van der Waals surface area contributed by atoms with Crippen molar-refractivity contribution in [3.63, 3.8) is 0 Å². The van der Waals surface area contributed by atoms with Crippen LogP contribution < -0.4 is 0 Å². The van der Waals surface area contributed by atoms with Crippen molar-refractivity contribution in [3.8, 4) is 6.07 Å². The van der Waals surface area contributed by atoms with Gasteiger partial charge in [0.05, 0.1) is 22.2 Å². The second kappa shape index (κ2) is 9.79. The molecule has 0 aliphatic carbocycles. The lowest BCUT2D eigenvalue weighted by Gasteiger charge is -2.24. The molecule has 3 aromatic carbocycles.